The van der Waals surface area contributed by atoms with Crippen molar-refractivity contribution in [1.29, 1.82) is 0 Å². The SMILES string of the molecule is CCC(C)C(C)(CC)CC1(C)CS1. The lowest BCUT2D eigenvalue weighted by atomic mass is 9.70. The zero-order valence-corrected chi connectivity index (χ0v) is 10.6. The minimum Gasteiger partial charge on any atom is -0.153 e. The standard InChI is InChI=1S/C12H24S/c1-6-10(3)11(4,7-2)8-12(5)9-13-12/h10H,6-9H2,1-5H3. The fraction of sp³-hybridized carbons (Fsp3) is 1.00. The summed E-state index contributed by atoms with van der Waals surface area (Å²) in [7, 11) is 0. The van der Waals surface area contributed by atoms with Gasteiger partial charge in [0, 0.05) is 10.5 Å². The van der Waals surface area contributed by atoms with Crippen LogP contribution in [0.25, 0.3) is 0 Å². The summed E-state index contributed by atoms with van der Waals surface area (Å²) in [4.78, 5) is 0. The lowest BCUT2D eigenvalue weighted by Gasteiger charge is -2.36. The average molecular weight is 200 g/mol. The Morgan fingerprint density at radius 2 is 2.00 bits per heavy atom. The van der Waals surface area contributed by atoms with E-state index in [2.05, 4.69) is 46.4 Å². The molecule has 0 radical (unpaired) electrons. The molecule has 0 saturated carbocycles. The Morgan fingerprint density at radius 1 is 1.46 bits per heavy atom. The Morgan fingerprint density at radius 3 is 2.31 bits per heavy atom. The van der Waals surface area contributed by atoms with Crippen LogP contribution in [0.5, 0.6) is 0 Å². The molecule has 78 valence electrons. The van der Waals surface area contributed by atoms with E-state index in [-0.39, 0.29) is 0 Å². The van der Waals surface area contributed by atoms with Gasteiger partial charge in [-0.1, -0.05) is 40.5 Å². The highest BCUT2D eigenvalue weighted by Gasteiger charge is 2.45. The second-order valence-corrected chi connectivity index (χ2v) is 6.80. The molecule has 1 rings (SSSR count). The first-order chi connectivity index (χ1) is 5.96. The smallest absolute Gasteiger partial charge is 0.0228 e. The molecule has 1 saturated heterocycles. The number of hydrogen-bond acceptors (Lipinski definition) is 1. The Balaban J connectivity index is 2.57. The molecule has 0 spiro atoms. The Hall–Kier alpha value is 0.350. The van der Waals surface area contributed by atoms with Crippen molar-refractivity contribution < 1.29 is 0 Å². The lowest BCUT2D eigenvalue weighted by Crippen LogP contribution is -2.29. The molecule has 0 aromatic rings. The van der Waals surface area contributed by atoms with Crippen molar-refractivity contribution in [3.8, 4) is 0 Å². The van der Waals surface area contributed by atoms with E-state index in [1.54, 1.807) is 0 Å². The first-order valence-electron chi connectivity index (χ1n) is 5.60. The molecule has 0 amide bonds. The third kappa shape index (κ3) is 2.65. The normalized spacial score (nSPS) is 33.9. The summed E-state index contributed by atoms with van der Waals surface area (Å²) < 4.78 is 0.633. The highest BCUT2D eigenvalue weighted by molar-refractivity contribution is 8.07. The van der Waals surface area contributed by atoms with Gasteiger partial charge in [0.25, 0.3) is 0 Å². The molecule has 0 nitrogen and oxygen atoms in total. The first kappa shape index (κ1) is 11.4. The van der Waals surface area contributed by atoms with Gasteiger partial charge in [-0.15, -0.1) is 0 Å². The third-order valence-electron chi connectivity index (χ3n) is 4.02. The number of rotatable bonds is 5. The molecular formula is C12H24S. The molecule has 0 aromatic heterocycles. The quantitative estimate of drug-likeness (QED) is 0.595. The molecule has 0 bridgehead atoms. The maximum atomic E-state index is 2.48. The van der Waals surface area contributed by atoms with Crippen LogP contribution in [0.4, 0.5) is 0 Å². The summed E-state index contributed by atoms with van der Waals surface area (Å²) in [6, 6.07) is 0. The van der Waals surface area contributed by atoms with Crippen LogP contribution in [0, 0.1) is 11.3 Å². The van der Waals surface area contributed by atoms with E-state index in [9.17, 15) is 0 Å². The minimum absolute atomic E-state index is 0.576. The summed E-state index contributed by atoms with van der Waals surface area (Å²) in [6.07, 6.45) is 4.07. The highest BCUT2D eigenvalue weighted by atomic mass is 32.2. The van der Waals surface area contributed by atoms with Gasteiger partial charge in [-0.3, -0.25) is 0 Å². The third-order valence-corrected chi connectivity index (χ3v) is 5.44. The lowest BCUT2D eigenvalue weighted by molar-refractivity contribution is 0.161. The molecule has 3 atom stereocenters. The topological polar surface area (TPSA) is 0 Å². The van der Waals surface area contributed by atoms with Gasteiger partial charge in [0.05, 0.1) is 0 Å². The maximum absolute atomic E-state index is 2.48. The first-order valence-corrected chi connectivity index (χ1v) is 6.58. The van der Waals surface area contributed by atoms with Gasteiger partial charge < -0.3 is 0 Å². The predicted molar refractivity (Wildman–Crippen MR) is 63.3 cm³/mol. The molecule has 0 aromatic carbocycles. The van der Waals surface area contributed by atoms with Crippen molar-refractivity contribution >= 4 is 11.8 Å². The van der Waals surface area contributed by atoms with Crippen molar-refractivity contribution in [1.82, 2.24) is 0 Å². The molecular weight excluding hydrogens is 176 g/mol. The molecule has 1 heteroatoms. The van der Waals surface area contributed by atoms with Crippen molar-refractivity contribution in [2.24, 2.45) is 11.3 Å². The summed E-state index contributed by atoms with van der Waals surface area (Å²) in [5.74, 6) is 2.26. The fourth-order valence-corrected chi connectivity index (χ4v) is 3.00. The summed E-state index contributed by atoms with van der Waals surface area (Å²) in [5.41, 5.74) is 0.576. The summed E-state index contributed by atoms with van der Waals surface area (Å²) in [5, 5.41) is 0. The average Bonchev–Trinajstić information content (AvgIpc) is 2.81. The van der Waals surface area contributed by atoms with Gasteiger partial charge >= 0.3 is 0 Å². The molecule has 1 aliphatic rings. The van der Waals surface area contributed by atoms with Crippen LogP contribution in [0.15, 0.2) is 0 Å². The van der Waals surface area contributed by atoms with Crippen LogP contribution in [-0.4, -0.2) is 10.5 Å². The van der Waals surface area contributed by atoms with Gasteiger partial charge in [-0.25, -0.2) is 0 Å². The molecule has 1 fully saturated rings. The zero-order valence-electron chi connectivity index (χ0n) is 9.81. The minimum atomic E-state index is 0.576. The van der Waals surface area contributed by atoms with Gasteiger partial charge in [0.15, 0.2) is 0 Å². The number of hydrogen-bond donors (Lipinski definition) is 0. The van der Waals surface area contributed by atoms with Crippen molar-refractivity contribution in [3.63, 3.8) is 0 Å². The van der Waals surface area contributed by atoms with Gasteiger partial charge in [0.1, 0.15) is 0 Å². The monoisotopic (exact) mass is 200 g/mol. The predicted octanol–water partition coefficient (Wildman–Crippen LogP) is 4.34. The van der Waals surface area contributed by atoms with E-state index < -0.39 is 0 Å². The molecule has 13 heavy (non-hydrogen) atoms. The van der Waals surface area contributed by atoms with Crippen molar-refractivity contribution in [3.05, 3.63) is 0 Å². The van der Waals surface area contributed by atoms with E-state index in [1.807, 2.05) is 0 Å². The van der Waals surface area contributed by atoms with Crippen LogP contribution in [-0.2, 0) is 0 Å². The molecule has 0 aliphatic carbocycles. The van der Waals surface area contributed by atoms with Crippen LogP contribution in [0.1, 0.15) is 53.9 Å². The maximum Gasteiger partial charge on any atom is 0.0228 e. The Labute approximate surface area is 87.9 Å². The van der Waals surface area contributed by atoms with Crippen LogP contribution in [0.2, 0.25) is 0 Å². The van der Waals surface area contributed by atoms with E-state index in [0.29, 0.717) is 10.2 Å². The van der Waals surface area contributed by atoms with Gasteiger partial charge in [-0.2, -0.15) is 11.8 Å². The fourth-order valence-electron chi connectivity index (χ4n) is 2.22. The van der Waals surface area contributed by atoms with Gasteiger partial charge in [-0.05, 0) is 24.7 Å². The highest BCUT2D eigenvalue weighted by Crippen LogP contribution is 2.54. The molecule has 1 aliphatic heterocycles. The van der Waals surface area contributed by atoms with Crippen molar-refractivity contribution in [2.75, 3.05) is 5.75 Å². The van der Waals surface area contributed by atoms with Crippen molar-refractivity contribution in [2.45, 2.75) is 58.6 Å². The van der Waals surface area contributed by atoms with Crippen LogP contribution < -0.4 is 0 Å². The molecule has 0 N–H and O–H groups in total. The molecule has 1 heterocycles. The van der Waals surface area contributed by atoms with Crippen LogP contribution >= 0.6 is 11.8 Å². The van der Waals surface area contributed by atoms with Crippen LogP contribution in [0.3, 0.4) is 0 Å². The molecule has 3 unspecified atom stereocenters. The Kier molecular flexibility index (Phi) is 3.38. The Bertz CT molecular complexity index is 172. The summed E-state index contributed by atoms with van der Waals surface area (Å²) in [6.45, 7) is 12.0. The van der Waals surface area contributed by atoms with E-state index in [4.69, 9.17) is 0 Å². The van der Waals surface area contributed by atoms with E-state index >= 15 is 0 Å². The zero-order chi connectivity index (χ0) is 10.1. The second kappa shape index (κ2) is 3.84. The van der Waals surface area contributed by atoms with Gasteiger partial charge in [0.2, 0.25) is 0 Å². The summed E-state index contributed by atoms with van der Waals surface area (Å²) >= 11 is 2.14. The van der Waals surface area contributed by atoms with E-state index in [0.717, 1.165) is 5.92 Å². The largest absolute Gasteiger partial charge is 0.153 e. The number of thioether (sulfide) groups is 1. The van der Waals surface area contributed by atoms with E-state index in [1.165, 1.54) is 25.0 Å². The second-order valence-electron chi connectivity index (χ2n) is 5.23.